The lowest BCUT2D eigenvalue weighted by molar-refractivity contribution is -0.137. The molecule has 2 saturated heterocycles. The molecular weight excluding hydrogens is 565 g/mol. The number of rotatable bonds is 4. The Kier molecular flexibility index (Phi) is 6.81. The first-order valence-electron chi connectivity index (χ1n) is 12.8. The van der Waals surface area contributed by atoms with E-state index in [-0.39, 0.29) is 23.0 Å². The standard InChI is InChI=1S/C27H23F3N4O4S2/c28-27(29,30)16-7-4-8-17(12-16)34-23(36)20-19(15-6-5-9-31-13-15)22-25(39-21(20)24(34)37)33(26(38)40-22)14-18(35)32-10-2-1-3-11-32/h4-9,12-13,19-21H,1-3,10-11,14H2/t19-,20?,21?/m0/s1. The average molecular weight is 589 g/mol. The summed E-state index contributed by atoms with van der Waals surface area (Å²) in [6.45, 7) is 1.05. The predicted molar refractivity (Wildman–Crippen MR) is 142 cm³/mol. The topological polar surface area (TPSA) is 92.6 Å². The number of likely N-dealkylation sites (tertiary alicyclic amines) is 1. The van der Waals surface area contributed by atoms with Gasteiger partial charge in [0.25, 0.3) is 0 Å². The summed E-state index contributed by atoms with van der Waals surface area (Å²) >= 11 is 1.95. The number of hydrogen-bond donors (Lipinski definition) is 0. The highest BCUT2D eigenvalue weighted by Gasteiger charge is 2.57. The molecule has 3 atom stereocenters. The van der Waals surface area contributed by atoms with Crippen molar-refractivity contribution < 1.29 is 27.6 Å². The summed E-state index contributed by atoms with van der Waals surface area (Å²) in [5.74, 6) is -3.19. The van der Waals surface area contributed by atoms with Crippen LogP contribution in [-0.2, 0) is 27.1 Å². The van der Waals surface area contributed by atoms with Crippen molar-refractivity contribution in [2.75, 3.05) is 18.0 Å². The van der Waals surface area contributed by atoms with Crippen LogP contribution in [0.15, 0.2) is 58.6 Å². The number of thiazole rings is 1. The van der Waals surface area contributed by atoms with Gasteiger partial charge >= 0.3 is 11.0 Å². The number of halogens is 3. The molecule has 5 heterocycles. The first kappa shape index (κ1) is 26.8. The third-order valence-corrected chi connectivity index (χ3v) is 10.1. The number of nitrogens with zero attached hydrogens (tertiary/aromatic N) is 4. The SMILES string of the molecule is O=C(Cn1c2c(sc1=O)[C@@H](c1cccnc1)C1C(=O)N(c3cccc(C(F)(F)F)c3)C(=O)C1S2)N1CCCCC1. The van der Waals surface area contributed by atoms with Crippen molar-refractivity contribution in [1.82, 2.24) is 14.5 Å². The van der Waals surface area contributed by atoms with E-state index in [0.29, 0.717) is 28.6 Å². The lowest BCUT2D eigenvalue weighted by Crippen LogP contribution is -2.39. The Morgan fingerprint density at radius 1 is 1.02 bits per heavy atom. The molecule has 2 aromatic heterocycles. The highest BCUT2D eigenvalue weighted by atomic mass is 32.2. The van der Waals surface area contributed by atoms with E-state index in [1.54, 1.807) is 29.4 Å². The molecule has 3 aliphatic rings. The molecule has 0 bridgehead atoms. The predicted octanol–water partition coefficient (Wildman–Crippen LogP) is 4.13. The van der Waals surface area contributed by atoms with E-state index >= 15 is 0 Å². The van der Waals surface area contributed by atoms with Crippen LogP contribution in [0.4, 0.5) is 18.9 Å². The number of thioether (sulfide) groups is 1. The molecule has 0 spiro atoms. The fourth-order valence-electron chi connectivity index (χ4n) is 5.63. The molecule has 208 valence electrons. The summed E-state index contributed by atoms with van der Waals surface area (Å²) < 4.78 is 41.6. The number of hydrogen-bond acceptors (Lipinski definition) is 7. The highest BCUT2D eigenvalue weighted by Crippen LogP contribution is 2.54. The molecule has 3 amide bonds. The number of aromatic nitrogens is 2. The van der Waals surface area contributed by atoms with E-state index in [2.05, 4.69) is 4.98 Å². The van der Waals surface area contributed by atoms with E-state index in [1.165, 1.54) is 10.6 Å². The zero-order valence-electron chi connectivity index (χ0n) is 21.0. The number of benzene rings is 1. The molecule has 3 aromatic rings. The van der Waals surface area contributed by atoms with Gasteiger partial charge in [0.05, 0.1) is 22.2 Å². The number of anilines is 1. The maximum atomic E-state index is 13.8. The van der Waals surface area contributed by atoms with Crippen molar-refractivity contribution in [2.24, 2.45) is 5.92 Å². The molecule has 0 N–H and O–H groups in total. The van der Waals surface area contributed by atoms with Crippen molar-refractivity contribution in [3.8, 4) is 0 Å². The Morgan fingerprint density at radius 3 is 2.50 bits per heavy atom. The molecule has 0 saturated carbocycles. The minimum Gasteiger partial charge on any atom is -0.341 e. The second-order valence-corrected chi connectivity index (χ2v) is 12.1. The number of fused-ring (bicyclic) bond motifs is 2. The van der Waals surface area contributed by atoms with Crippen LogP contribution in [0.5, 0.6) is 0 Å². The number of amides is 3. The number of carbonyl (C=O) groups excluding carboxylic acids is 3. The van der Waals surface area contributed by atoms with Gasteiger partial charge < -0.3 is 4.90 Å². The molecular formula is C27H23F3N4O4S2. The molecule has 13 heteroatoms. The zero-order chi connectivity index (χ0) is 28.2. The van der Waals surface area contributed by atoms with Crippen LogP contribution in [0.3, 0.4) is 0 Å². The Labute approximate surface area is 234 Å². The molecule has 0 radical (unpaired) electrons. The van der Waals surface area contributed by atoms with Gasteiger partial charge in [-0.05, 0) is 49.1 Å². The van der Waals surface area contributed by atoms with Gasteiger partial charge in [-0.15, -0.1) is 0 Å². The smallest absolute Gasteiger partial charge is 0.341 e. The van der Waals surface area contributed by atoms with E-state index in [4.69, 9.17) is 0 Å². The third kappa shape index (κ3) is 4.54. The van der Waals surface area contributed by atoms with Crippen LogP contribution in [0.2, 0.25) is 0 Å². The number of piperidine rings is 1. The monoisotopic (exact) mass is 588 g/mol. The summed E-state index contributed by atoms with van der Waals surface area (Å²) in [6.07, 6.45) is 1.29. The van der Waals surface area contributed by atoms with Crippen molar-refractivity contribution in [1.29, 1.82) is 0 Å². The second-order valence-electron chi connectivity index (χ2n) is 9.95. The van der Waals surface area contributed by atoms with E-state index in [0.717, 1.165) is 65.5 Å². The van der Waals surface area contributed by atoms with Gasteiger partial charge in [-0.25, -0.2) is 4.90 Å². The molecule has 8 nitrogen and oxygen atoms in total. The lowest BCUT2D eigenvalue weighted by atomic mass is 9.84. The van der Waals surface area contributed by atoms with Gasteiger partial charge in [0.2, 0.25) is 17.7 Å². The first-order chi connectivity index (χ1) is 19.1. The molecule has 6 rings (SSSR count). The van der Waals surface area contributed by atoms with Crippen LogP contribution in [0.1, 0.15) is 41.2 Å². The largest absolute Gasteiger partial charge is 0.416 e. The maximum Gasteiger partial charge on any atom is 0.416 e. The van der Waals surface area contributed by atoms with Crippen LogP contribution in [-0.4, -0.2) is 50.5 Å². The van der Waals surface area contributed by atoms with E-state index in [9.17, 15) is 32.3 Å². The summed E-state index contributed by atoms with van der Waals surface area (Å²) in [6, 6.07) is 7.55. The minimum absolute atomic E-state index is 0.161. The van der Waals surface area contributed by atoms with Crippen LogP contribution < -0.4 is 9.77 Å². The van der Waals surface area contributed by atoms with Gasteiger partial charge in [-0.2, -0.15) is 13.2 Å². The van der Waals surface area contributed by atoms with Gasteiger partial charge in [0.1, 0.15) is 11.8 Å². The lowest BCUT2D eigenvalue weighted by Gasteiger charge is -2.31. The Balaban J connectivity index is 1.42. The summed E-state index contributed by atoms with van der Waals surface area (Å²) in [5.41, 5.74) is -0.534. The third-order valence-electron chi connectivity index (χ3n) is 7.53. The van der Waals surface area contributed by atoms with Crippen LogP contribution >= 0.6 is 23.1 Å². The molecule has 2 unspecified atom stereocenters. The van der Waals surface area contributed by atoms with E-state index < -0.39 is 40.6 Å². The summed E-state index contributed by atoms with van der Waals surface area (Å²) in [7, 11) is 0. The van der Waals surface area contributed by atoms with Crippen molar-refractivity contribution >= 4 is 46.5 Å². The molecule has 1 aromatic carbocycles. The van der Waals surface area contributed by atoms with Crippen molar-refractivity contribution in [2.45, 2.75) is 48.2 Å². The van der Waals surface area contributed by atoms with Gasteiger partial charge in [0.15, 0.2) is 0 Å². The molecule has 40 heavy (non-hydrogen) atoms. The van der Waals surface area contributed by atoms with Crippen LogP contribution in [0.25, 0.3) is 0 Å². The van der Waals surface area contributed by atoms with Gasteiger partial charge in [0, 0.05) is 36.3 Å². The normalized spacial score (nSPS) is 22.8. The quantitative estimate of drug-likeness (QED) is 0.426. The van der Waals surface area contributed by atoms with Crippen molar-refractivity contribution in [3.05, 3.63) is 74.5 Å². The Hall–Kier alpha value is -3.45. The Bertz CT molecular complexity index is 1550. The number of carbonyl (C=O) groups is 3. The summed E-state index contributed by atoms with van der Waals surface area (Å²) in [4.78, 5) is 60.7. The maximum absolute atomic E-state index is 13.8. The molecule has 2 fully saturated rings. The first-order valence-corrected chi connectivity index (χ1v) is 14.5. The van der Waals surface area contributed by atoms with E-state index in [1.807, 2.05) is 0 Å². The fourth-order valence-corrected chi connectivity index (χ4v) is 8.40. The number of pyridine rings is 1. The second kappa shape index (κ2) is 10.2. The van der Waals surface area contributed by atoms with Gasteiger partial charge in [-0.3, -0.25) is 28.7 Å². The fraction of sp³-hybridized carbons (Fsp3) is 0.370. The molecule has 3 aliphatic heterocycles. The highest BCUT2D eigenvalue weighted by molar-refractivity contribution is 8.00. The number of imide groups is 1. The Morgan fingerprint density at radius 2 is 1.80 bits per heavy atom. The average Bonchev–Trinajstić information content (AvgIpc) is 3.39. The minimum atomic E-state index is -4.65. The van der Waals surface area contributed by atoms with Crippen LogP contribution in [0, 0.1) is 5.92 Å². The molecule has 0 aliphatic carbocycles. The zero-order valence-corrected chi connectivity index (χ0v) is 22.6. The number of alkyl halides is 3. The summed E-state index contributed by atoms with van der Waals surface area (Å²) in [5, 5.41) is -0.562. The van der Waals surface area contributed by atoms with Crippen molar-refractivity contribution in [3.63, 3.8) is 0 Å². The van der Waals surface area contributed by atoms with Gasteiger partial charge in [-0.1, -0.05) is 35.2 Å².